The van der Waals surface area contributed by atoms with Gasteiger partial charge < -0.3 is 14.9 Å². The van der Waals surface area contributed by atoms with E-state index < -0.39 is 0 Å². The molecule has 162 valence electrons. The van der Waals surface area contributed by atoms with Crippen LogP contribution in [0.4, 0.5) is 5.69 Å². The largest absolute Gasteiger partial charge is 0.494 e. The molecule has 0 atom stereocenters. The lowest BCUT2D eigenvalue weighted by atomic mass is 10.0. The maximum atomic E-state index is 10.7. The van der Waals surface area contributed by atoms with Gasteiger partial charge in [0.05, 0.1) is 11.3 Å². The van der Waals surface area contributed by atoms with E-state index in [-0.39, 0.29) is 5.88 Å². The monoisotopic (exact) mass is 418 g/mol. The number of para-hydroxylation sites is 1. The molecule has 2 aromatic carbocycles. The Morgan fingerprint density at radius 3 is 2.61 bits per heavy atom. The molecule has 6 heteroatoms. The van der Waals surface area contributed by atoms with Gasteiger partial charge in [-0.05, 0) is 51.1 Å². The van der Waals surface area contributed by atoms with Gasteiger partial charge in [0.25, 0.3) is 0 Å². The summed E-state index contributed by atoms with van der Waals surface area (Å²) in [5, 5.41) is 16.1. The lowest BCUT2D eigenvalue weighted by Crippen LogP contribution is -2.29. The Morgan fingerprint density at radius 2 is 1.84 bits per heavy atom. The molecule has 3 aromatic rings. The van der Waals surface area contributed by atoms with Crippen LogP contribution in [0.1, 0.15) is 43.4 Å². The van der Waals surface area contributed by atoms with Crippen molar-refractivity contribution >= 4 is 28.0 Å². The van der Waals surface area contributed by atoms with Crippen molar-refractivity contribution in [2.24, 2.45) is 10.1 Å². The Kier molecular flexibility index (Phi) is 6.37. The summed E-state index contributed by atoms with van der Waals surface area (Å²) in [5.41, 5.74) is 5.69. The summed E-state index contributed by atoms with van der Waals surface area (Å²) in [6.45, 7) is 9.89. The minimum absolute atomic E-state index is 0.0944. The number of H-pyrrole nitrogens is 1. The van der Waals surface area contributed by atoms with Gasteiger partial charge in [-0.3, -0.25) is 4.90 Å². The van der Waals surface area contributed by atoms with E-state index >= 15 is 0 Å². The number of aromatic amines is 1. The summed E-state index contributed by atoms with van der Waals surface area (Å²) >= 11 is 0. The number of nitrogens with zero attached hydrogens (tertiary/aromatic N) is 3. The number of fused-ring (bicyclic) bond motifs is 2. The second-order valence-electron chi connectivity index (χ2n) is 7.99. The first-order valence-corrected chi connectivity index (χ1v) is 11.0. The van der Waals surface area contributed by atoms with Gasteiger partial charge in [0.1, 0.15) is 18.0 Å². The molecule has 2 heterocycles. The molecule has 0 bridgehead atoms. The third-order valence-corrected chi connectivity index (χ3v) is 5.52. The molecular weight excluding hydrogens is 388 g/mol. The molecule has 0 aliphatic carbocycles. The molecule has 1 aliphatic heterocycles. The van der Waals surface area contributed by atoms with Gasteiger partial charge in [-0.25, -0.2) is 4.99 Å². The van der Waals surface area contributed by atoms with Gasteiger partial charge in [-0.1, -0.05) is 48.8 Å². The average molecular weight is 419 g/mol. The minimum atomic E-state index is 0.0944. The highest BCUT2D eigenvalue weighted by Gasteiger charge is 2.29. The van der Waals surface area contributed by atoms with Crippen LogP contribution in [0.5, 0.6) is 5.88 Å². The van der Waals surface area contributed by atoms with Crippen molar-refractivity contribution in [2.45, 2.75) is 33.6 Å². The molecule has 0 saturated heterocycles. The number of nitrogens with one attached hydrogen (secondary N) is 1. The van der Waals surface area contributed by atoms with E-state index in [9.17, 15) is 5.11 Å². The van der Waals surface area contributed by atoms with Gasteiger partial charge >= 0.3 is 0 Å². The van der Waals surface area contributed by atoms with E-state index in [2.05, 4.69) is 35.0 Å². The zero-order valence-corrected chi connectivity index (χ0v) is 18.5. The number of oxime groups is 1. The lowest BCUT2D eigenvalue weighted by molar-refractivity contribution is 0.111. The number of aromatic nitrogens is 1. The first kappa shape index (κ1) is 21.1. The van der Waals surface area contributed by atoms with E-state index in [4.69, 9.17) is 9.83 Å². The molecule has 0 fully saturated rings. The van der Waals surface area contributed by atoms with E-state index in [1.807, 2.05) is 43.3 Å². The van der Waals surface area contributed by atoms with Crippen LogP contribution < -0.4 is 0 Å². The fraction of sp³-hybridized carbons (Fsp3) is 0.360. The molecule has 31 heavy (non-hydrogen) atoms. The third kappa shape index (κ3) is 4.35. The minimum Gasteiger partial charge on any atom is -0.494 e. The van der Waals surface area contributed by atoms with Crippen LogP contribution in [0, 0.1) is 6.92 Å². The summed E-state index contributed by atoms with van der Waals surface area (Å²) in [4.78, 5) is 16.0. The molecule has 0 unspecified atom stereocenters. The molecule has 0 spiro atoms. The summed E-state index contributed by atoms with van der Waals surface area (Å²) in [6.07, 6.45) is 2.25. The number of aromatic hydroxyl groups is 1. The van der Waals surface area contributed by atoms with Crippen molar-refractivity contribution < 1.29 is 9.94 Å². The van der Waals surface area contributed by atoms with Crippen LogP contribution in [0.15, 0.2) is 52.6 Å². The number of benzene rings is 2. The van der Waals surface area contributed by atoms with Gasteiger partial charge in [-0.15, -0.1) is 0 Å². The second kappa shape index (κ2) is 9.35. The van der Waals surface area contributed by atoms with Crippen LogP contribution in [0.25, 0.3) is 10.9 Å². The zero-order valence-electron chi connectivity index (χ0n) is 18.5. The Hall–Kier alpha value is -3.12. The molecule has 0 amide bonds. The van der Waals surface area contributed by atoms with Crippen LogP contribution in [0.2, 0.25) is 0 Å². The van der Waals surface area contributed by atoms with E-state index in [0.717, 1.165) is 60.2 Å². The van der Waals surface area contributed by atoms with E-state index in [1.54, 1.807) is 0 Å². The molecule has 0 radical (unpaired) electrons. The molecule has 0 saturated carbocycles. The molecule has 1 aliphatic rings. The highest BCUT2D eigenvalue weighted by molar-refractivity contribution is 6.58. The van der Waals surface area contributed by atoms with Crippen LogP contribution >= 0.6 is 0 Å². The van der Waals surface area contributed by atoms with Gasteiger partial charge in [0, 0.05) is 23.0 Å². The molecule has 4 rings (SSSR count). The molecule has 2 N–H and O–H groups in total. The summed E-state index contributed by atoms with van der Waals surface area (Å²) in [6, 6.07) is 13.9. The van der Waals surface area contributed by atoms with Crippen molar-refractivity contribution in [1.82, 2.24) is 9.88 Å². The summed E-state index contributed by atoms with van der Waals surface area (Å²) in [5.74, 6) is 0.0944. The first-order chi connectivity index (χ1) is 15.1. The van der Waals surface area contributed by atoms with Crippen molar-refractivity contribution in [3.63, 3.8) is 0 Å². The fourth-order valence-corrected chi connectivity index (χ4v) is 4.12. The number of aryl methyl sites for hydroxylation is 1. The number of hydrogen-bond donors (Lipinski definition) is 2. The van der Waals surface area contributed by atoms with Gasteiger partial charge in [0.15, 0.2) is 5.88 Å². The fourth-order valence-electron chi connectivity index (χ4n) is 4.12. The standard InChI is InChI=1S/C25H30N4O2/c1-4-12-29(13-5-2)14-15-31-28-23-18-8-6-7-9-20(18)26-24(23)22-19-16-17(3)10-11-21(19)27-25(22)30/h6-11,16,27,30H,4-5,12-15H2,1-3H3. The Bertz CT molecular complexity index is 1120. The maximum Gasteiger partial charge on any atom is 0.199 e. The first-order valence-electron chi connectivity index (χ1n) is 11.0. The van der Waals surface area contributed by atoms with Crippen molar-refractivity contribution in [3.05, 3.63) is 59.2 Å². The quantitative estimate of drug-likeness (QED) is 0.372. The van der Waals surface area contributed by atoms with Gasteiger partial charge in [-0.2, -0.15) is 0 Å². The molecule has 1 aromatic heterocycles. The highest BCUT2D eigenvalue weighted by atomic mass is 16.6. The Morgan fingerprint density at radius 1 is 1.06 bits per heavy atom. The maximum absolute atomic E-state index is 10.7. The zero-order chi connectivity index (χ0) is 21.8. The van der Waals surface area contributed by atoms with Crippen LogP contribution in [0.3, 0.4) is 0 Å². The molecular formula is C25H30N4O2. The van der Waals surface area contributed by atoms with Crippen molar-refractivity contribution in [3.8, 4) is 5.88 Å². The lowest BCUT2D eigenvalue weighted by Gasteiger charge is -2.19. The van der Waals surface area contributed by atoms with Crippen molar-refractivity contribution in [2.75, 3.05) is 26.2 Å². The molecule has 6 nitrogen and oxygen atoms in total. The Balaban J connectivity index is 1.64. The number of rotatable bonds is 9. The Labute approximate surface area is 183 Å². The van der Waals surface area contributed by atoms with Crippen LogP contribution in [-0.4, -0.2) is 52.7 Å². The van der Waals surface area contributed by atoms with Crippen molar-refractivity contribution in [1.29, 1.82) is 0 Å². The van der Waals surface area contributed by atoms with E-state index in [0.29, 0.717) is 23.6 Å². The van der Waals surface area contributed by atoms with E-state index in [1.165, 1.54) is 0 Å². The third-order valence-electron chi connectivity index (χ3n) is 5.52. The highest BCUT2D eigenvalue weighted by Crippen LogP contribution is 2.35. The van der Waals surface area contributed by atoms with Crippen LogP contribution in [-0.2, 0) is 4.84 Å². The second-order valence-corrected chi connectivity index (χ2v) is 7.99. The number of aliphatic imine (C=N–C) groups is 1. The van der Waals surface area contributed by atoms with Gasteiger partial charge in [0.2, 0.25) is 0 Å². The number of hydrogen-bond acceptors (Lipinski definition) is 5. The normalized spacial score (nSPS) is 14.5. The predicted molar refractivity (Wildman–Crippen MR) is 127 cm³/mol. The average Bonchev–Trinajstić information content (AvgIpc) is 3.27. The predicted octanol–water partition coefficient (Wildman–Crippen LogP) is 5.16. The topological polar surface area (TPSA) is 73.2 Å². The summed E-state index contributed by atoms with van der Waals surface area (Å²) < 4.78 is 0. The summed E-state index contributed by atoms with van der Waals surface area (Å²) in [7, 11) is 0. The SMILES string of the molecule is CCCN(CCC)CCON=C1C(c2c(O)[nH]c3ccc(C)cc23)=Nc2ccccc21. The smallest absolute Gasteiger partial charge is 0.199 e.